The van der Waals surface area contributed by atoms with Gasteiger partial charge in [0.25, 0.3) is 5.91 Å². The maximum absolute atomic E-state index is 12.5. The average molecular weight is 343 g/mol. The number of nitrogens with one attached hydrogen (secondary N) is 2. The van der Waals surface area contributed by atoms with Crippen LogP contribution in [0.4, 0.5) is 11.5 Å². The van der Waals surface area contributed by atoms with E-state index < -0.39 is 0 Å². The molecule has 2 N–H and O–H groups in total. The van der Waals surface area contributed by atoms with Crippen molar-refractivity contribution in [3.63, 3.8) is 0 Å². The second kappa shape index (κ2) is 7.90. The summed E-state index contributed by atoms with van der Waals surface area (Å²) in [6.07, 6.45) is 1.33. The number of rotatable bonds is 5. The van der Waals surface area contributed by atoms with Crippen molar-refractivity contribution in [1.82, 2.24) is 15.3 Å². The molecule has 6 heteroatoms. The van der Waals surface area contributed by atoms with Crippen LogP contribution < -0.4 is 10.6 Å². The van der Waals surface area contributed by atoms with Crippen LogP contribution in [0, 0.1) is 11.3 Å². The SMILES string of the molecule is CC(NC(=O)c1cc(Nc2cccc(C#N)c2)ncn1)c1ccccc1. The molecule has 26 heavy (non-hydrogen) atoms. The molecule has 1 amide bonds. The summed E-state index contributed by atoms with van der Waals surface area (Å²) in [4.78, 5) is 20.6. The van der Waals surface area contributed by atoms with Gasteiger partial charge in [-0.2, -0.15) is 5.26 Å². The zero-order chi connectivity index (χ0) is 18.4. The molecule has 0 spiro atoms. The molecule has 0 saturated heterocycles. The van der Waals surface area contributed by atoms with Crippen molar-refractivity contribution in [2.75, 3.05) is 5.32 Å². The lowest BCUT2D eigenvalue weighted by Gasteiger charge is -2.14. The Hall–Kier alpha value is -3.72. The Morgan fingerprint density at radius 1 is 1.08 bits per heavy atom. The fourth-order valence-electron chi connectivity index (χ4n) is 2.46. The van der Waals surface area contributed by atoms with Crippen molar-refractivity contribution in [3.05, 3.63) is 83.8 Å². The molecule has 0 radical (unpaired) electrons. The minimum absolute atomic E-state index is 0.137. The van der Waals surface area contributed by atoms with Crippen molar-refractivity contribution in [2.24, 2.45) is 0 Å². The third kappa shape index (κ3) is 4.22. The Morgan fingerprint density at radius 2 is 1.88 bits per heavy atom. The van der Waals surface area contributed by atoms with Gasteiger partial charge in [-0.25, -0.2) is 9.97 Å². The highest BCUT2D eigenvalue weighted by molar-refractivity contribution is 5.93. The topological polar surface area (TPSA) is 90.7 Å². The van der Waals surface area contributed by atoms with Crippen LogP contribution in [-0.2, 0) is 0 Å². The van der Waals surface area contributed by atoms with Crippen molar-refractivity contribution >= 4 is 17.4 Å². The molecule has 0 bridgehead atoms. The second-order valence-corrected chi connectivity index (χ2v) is 5.71. The second-order valence-electron chi connectivity index (χ2n) is 5.71. The summed E-state index contributed by atoms with van der Waals surface area (Å²) in [6, 6.07) is 20.3. The molecule has 0 aliphatic rings. The van der Waals surface area contributed by atoms with E-state index in [1.165, 1.54) is 6.33 Å². The molecular formula is C20H17N5O. The number of hydrogen-bond acceptors (Lipinski definition) is 5. The molecule has 0 aliphatic carbocycles. The fraction of sp³-hybridized carbons (Fsp3) is 0.100. The normalized spacial score (nSPS) is 11.2. The highest BCUT2D eigenvalue weighted by Crippen LogP contribution is 2.17. The summed E-state index contributed by atoms with van der Waals surface area (Å²) in [5, 5.41) is 15.0. The smallest absolute Gasteiger partial charge is 0.270 e. The summed E-state index contributed by atoms with van der Waals surface area (Å²) in [7, 11) is 0. The number of nitriles is 1. The molecule has 1 atom stereocenters. The summed E-state index contributed by atoms with van der Waals surface area (Å²) >= 11 is 0. The molecule has 1 unspecified atom stereocenters. The highest BCUT2D eigenvalue weighted by Gasteiger charge is 2.13. The first-order valence-corrected chi connectivity index (χ1v) is 8.11. The van der Waals surface area contributed by atoms with Crippen LogP contribution >= 0.6 is 0 Å². The van der Waals surface area contributed by atoms with Gasteiger partial charge in [0.15, 0.2) is 0 Å². The van der Waals surface area contributed by atoms with Gasteiger partial charge in [0.2, 0.25) is 0 Å². The van der Waals surface area contributed by atoms with Gasteiger partial charge in [0.1, 0.15) is 17.8 Å². The number of anilines is 2. The maximum atomic E-state index is 12.5. The third-order valence-electron chi connectivity index (χ3n) is 3.81. The van der Waals surface area contributed by atoms with Crippen LogP contribution in [0.15, 0.2) is 67.0 Å². The molecule has 6 nitrogen and oxygen atoms in total. The van der Waals surface area contributed by atoms with Gasteiger partial charge in [-0.05, 0) is 30.7 Å². The van der Waals surface area contributed by atoms with Gasteiger partial charge in [-0.3, -0.25) is 4.79 Å². The van der Waals surface area contributed by atoms with Crippen molar-refractivity contribution < 1.29 is 4.79 Å². The lowest BCUT2D eigenvalue weighted by molar-refractivity contribution is 0.0934. The van der Waals surface area contributed by atoms with E-state index >= 15 is 0 Å². The van der Waals surface area contributed by atoms with E-state index in [-0.39, 0.29) is 17.6 Å². The van der Waals surface area contributed by atoms with E-state index in [1.807, 2.05) is 43.3 Å². The van der Waals surface area contributed by atoms with Crippen LogP contribution in [-0.4, -0.2) is 15.9 Å². The van der Waals surface area contributed by atoms with E-state index in [0.717, 1.165) is 5.56 Å². The van der Waals surface area contributed by atoms with E-state index in [1.54, 1.807) is 24.3 Å². The summed E-state index contributed by atoms with van der Waals surface area (Å²) < 4.78 is 0. The number of hydrogen-bond donors (Lipinski definition) is 2. The Kier molecular flexibility index (Phi) is 5.20. The van der Waals surface area contributed by atoms with Gasteiger partial charge in [0.05, 0.1) is 17.7 Å². The van der Waals surface area contributed by atoms with Crippen LogP contribution in [0.3, 0.4) is 0 Å². The quantitative estimate of drug-likeness (QED) is 0.739. The predicted molar refractivity (Wildman–Crippen MR) is 98.8 cm³/mol. The van der Waals surface area contributed by atoms with E-state index in [9.17, 15) is 4.79 Å². The Balaban J connectivity index is 1.72. The van der Waals surface area contributed by atoms with Crippen LogP contribution in [0.25, 0.3) is 0 Å². The minimum Gasteiger partial charge on any atom is -0.344 e. The molecule has 0 saturated carbocycles. The number of carbonyl (C=O) groups is 1. The van der Waals surface area contributed by atoms with Crippen molar-refractivity contribution in [1.29, 1.82) is 5.26 Å². The number of amides is 1. The van der Waals surface area contributed by atoms with Crippen molar-refractivity contribution in [2.45, 2.75) is 13.0 Å². The number of carbonyl (C=O) groups excluding carboxylic acids is 1. The number of benzene rings is 2. The Bertz CT molecular complexity index is 950. The highest BCUT2D eigenvalue weighted by atomic mass is 16.1. The molecule has 0 aliphatic heterocycles. The van der Waals surface area contributed by atoms with E-state index in [2.05, 4.69) is 26.7 Å². The zero-order valence-corrected chi connectivity index (χ0v) is 14.2. The third-order valence-corrected chi connectivity index (χ3v) is 3.81. The van der Waals surface area contributed by atoms with E-state index in [0.29, 0.717) is 17.1 Å². The Morgan fingerprint density at radius 3 is 2.65 bits per heavy atom. The molecule has 1 heterocycles. The molecule has 0 fully saturated rings. The lowest BCUT2D eigenvalue weighted by Crippen LogP contribution is -2.27. The first-order chi connectivity index (χ1) is 12.7. The fourth-order valence-corrected chi connectivity index (χ4v) is 2.46. The molecule has 2 aromatic carbocycles. The molecule has 1 aromatic heterocycles. The number of nitrogens with zero attached hydrogens (tertiary/aromatic N) is 3. The van der Waals surface area contributed by atoms with Crippen molar-refractivity contribution in [3.8, 4) is 6.07 Å². The zero-order valence-electron chi connectivity index (χ0n) is 14.2. The van der Waals surface area contributed by atoms with Gasteiger partial charge in [-0.1, -0.05) is 36.4 Å². The monoisotopic (exact) mass is 343 g/mol. The number of aromatic nitrogens is 2. The first-order valence-electron chi connectivity index (χ1n) is 8.11. The minimum atomic E-state index is -0.280. The summed E-state index contributed by atoms with van der Waals surface area (Å²) in [5.74, 6) is 0.199. The lowest BCUT2D eigenvalue weighted by atomic mass is 10.1. The van der Waals surface area contributed by atoms with Gasteiger partial charge in [0, 0.05) is 11.8 Å². The Labute approximate surface area is 151 Å². The van der Waals surface area contributed by atoms with Crippen LogP contribution in [0.5, 0.6) is 0 Å². The molecular weight excluding hydrogens is 326 g/mol. The maximum Gasteiger partial charge on any atom is 0.270 e. The standard InChI is InChI=1S/C20H17N5O/c1-14(16-7-3-2-4-8-16)24-20(26)18-11-19(23-13-22-18)25-17-9-5-6-15(10-17)12-21/h2-11,13-14H,1H3,(H,24,26)(H,22,23,25). The molecule has 128 valence electrons. The average Bonchev–Trinajstić information content (AvgIpc) is 2.69. The predicted octanol–water partition coefficient (Wildman–Crippen LogP) is 3.58. The largest absolute Gasteiger partial charge is 0.344 e. The van der Waals surface area contributed by atoms with E-state index in [4.69, 9.17) is 5.26 Å². The van der Waals surface area contributed by atoms with Gasteiger partial charge < -0.3 is 10.6 Å². The van der Waals surface area contributed by atoms with Crippen LogP contribution in [0.1, 0.15) is 34.6 Å². The van der Waals surface area contributed by atoms with Crippen LogP contribution in [0.2, 0.25) is 0 Å². The summed E-state index contributed by atoms with van der Waals surface area (Å²) in [5.41, 5.74) is 2.54. The summed E-state index contributed by atoms with van der Waals surface area (Å²) in [6.45, 7) is 1.92. The van der Waals surface area contributed by atoms with Gasteiger partial charge >= 0.3 is 0 Å². The first kappa shape index (κ1) is 17.1. The molecule has 3 rings (SSSR count). The molecule has 3 aromatic rings. The van der Waals surface area contributed by atoms with Gasteiger partial charge in [-0.15, -0.1) is 0 Å².